The molecule has 1 fully saturated rings. The van der Waals surface area contributed by atoms with Crippen LogP contribution in [0.1, 0.15) is 0 Å². The van der Waals surface area contributed by atoms with E-state index in [-0.39, 0.29) is 0 Å². The Labute approximate surface area is 49.1 Å². The molecule has 0 aromatic carbocycles. The topological polar surface area (TPSA) is 26.1 Å². The highest BCUT2D eigenvalue weighted by molar-refractivity contribution is 7.80. The molecule has 0 aromatic rings. The summed E-state index contributed by atoms with van der Waals surface area (Å²) < 4.78 is 0. The SMILES string of the molecule is SC1C[N]CCN1. The normalized spacial score (nSPS) is 33.0. The third kappa shape index (κ3) is 1.67. The van der Waals surface area contributed by atoms with Gasteiger partial charge in [0.25, 0.3) is 0 Å². The lowest BCUT2D eigenvalue weighted by Gasteiger charge is -2.17. The average Bonchev–Trinajstić information content (AvgIpc) is 1.69. The Bertz CT molecular complexity index is 51.7. The Balaban J connectivity index is 2.12. The van der Waals surface area contributed by atoms with E-state index >= 15 is 0 Å². The van der Waals surface area contributed by atoms with Crippen molar-refractivity contribution >= 4 is 12.6 Å². The van der Waals surface area contributed by atoms with Gasteiger partial charge in [-0.15, -0.1) is 0 Å². The summed E-state index contributed by atoms with van der Waals surface area (Å²) in [5.74, 6) is 0. The van der Waals surface area contributed by atoms with Gasteiger partial charge in [0.2, 0.25) is 0 Å². The van der Waals surface area contributed by atoms with Gasteiger partial charge in [0.05, 0.1) is 5.37 Å². The van der Waals surface area contributed by atoms with Crippen molar-refractivity contribution < 1.29 is 0 Å². The number of rotatable bonds is 0. The van der Waals surface area contributed by atoms with Gasteiger partial charge in [-0.25, -0.2) is 5.32 Å². The molecule has 1 unspecified atom stereocenters. The summed E-state index contributed by atoms with van der Waals surface area (Å²) in [5.41, 5.74) is 0. The maximum absolute atomic E-state index is 4.16. The van der Waals surface area contributed by atoms with Gasteiger partial charge < -0.3 is 5.32 Å². The molecule has 0 spiro atoms. The van der Waals surface area contributed by atoms with Gasteiger partial charge in [0.1, 0.15) is 0 Å². The fourth-order valence-corrected chi connectivity index (χ4v) is 0.833. The molecule has 0 aromatic heterocycles. The summed E-state index contributed by atoms with van der Waals surface area (Å²) in [6.07, 6.45) is 0. The van der Waals surface area contributed by atoms with Gasteiger partial charge in [-0.2, -0.15) is 12.6 Å². The highest BCUT2D eigenvalue weighted by Gasteiger charge is 2.05. The summed E-state index contributed by atoms with van der Waals surface area (Å²) >= 11 is 4.16. The van der Waals surface area contributed by atoms with Crippen LogP contribution in [0, 0.1) is 0 Å². The van der Waals surface area contributed by atoms with Crippen LogP contribution in [0.25, 0.3) is 0 Å². The van der Waals surface area contributed by atoms with Crippen LogP contribution in [0.3, 0.4) is 0 Å². The molecule has 1 radical (unpaired) electrons. The number of hydrogen-bond acceptors (Lipinski definition) is 2. The van der Waals surface area contributed by atoms with E-state index in [0.717, 1.165) is 19.6 Å². The third-order valence-corrected chi connectivity index (χ3v) is 1.30. The van der Waals surface area contributed by atoms with Gasteiger partial charge in [0.15, 0.2) is 0 Å². The molecule has 0 amide bonds. The van der Waals surface area contributed by atoms with Crippen molar-refractivity contribution in [2.75, 3.05) is 19.6 Å². The first-order valence-corrected chi connectivity index (χ1v) is 2.96. The second-order valence-corrected chi connectivity index (χ2v) is 2.22. The molecular weight excluding hydrogens is 108 g/mol. The van der Waals surface area contributed by atoms with Crippen LogP contribution in [0.2, 0.25) is 0 Å². The lowest BCUT2D eigenvalue weighted by molar-refractivity contribution is 0.501. The van der Waals surface area contributed by atoms with E-state index in [2.05, 4.69) is 23.3 Å². The molecule has 2 nitrogen and oxygen atoms in total. The standard InChI is InChI=1S/C4H9N2S/c7-4-3-5-1-2-6-4/h4,6-7H,1-3H2. The first-order valence-electron chi connectivity index (χ1n) is 2.44. The summed E-state index contributed by atoms with van der Waals surface area (Å²) in [6.45, 7) is 2.81. The van der Waals surface area contributed by atoms with E-state index in [1.165, 1.54) is 0 Å². The minimum atomic E-state index is 0.314. The quantitative estimate of drug-likeness (QED) is 0.409. The first-order chi connectivity index (χ1) is 3.39. The third-order valence-electron chi connectivity index (χ3n) is 0.952. The van der Waals surface area contributed by atoms with Crippen LogP contribution in [0.5, 0.6) is 0 Å². The highest BCUT2D eigenvalue weighted by Crippen LogP contribution is 1.90. The Morgan fingerprint density at radius 3 is 2.86 bits per heavy atom. The molecule has 0 bridgehead atoms. The molecule has 1 aliphatic rings. The molecule has 0 saturated carbocycles. The fourth-order valence-electron chi connectivity index (χ4n) is 0.588. The van der Waals surface area contributed by atoms with Crippen molar-refractivity contribution in [1.82, 2.24) is 10.6 Å². The zero-order chi connectivity index (χ0) is 5.11. The zero-order valence-electron chi connectivity index (χ0n) is 4.09. The maximum Gasteiger partial charge on any atom is 0.0646 e. The smallest absolute Gasteiger partial charge is 0.0646 e. The van der Waals surface area contributed by atoms with Crippen LogP contribution in [-0.4, -0.2) is 25.0 Å². The van der Waals surface area contributed by atoms with Crippen molar-refractivity contribution in [3.05, 3.63) is 0 Å². The summed E-state index contributed by atoms with van der Waals surface area (Å²) in [6, 6.07) is 0. The summed E-state index contributed by atoms with van der Waals surface area (Å²) in [7, 11) is 0. The molecule has 0 aliphatic carbocycles. The molecule has 1 heterocycles. The zero-order valence-corrected chi connectivity index (χ0v) is 4.99. The van der Waals surface area contributed by atoms with Crippen molar-refractivity contribution in [1.29, 1.82) is 0 Å². The van der Waals surface area contributed by atoms with Crippen molar-refractivity contribution in [3.63, 3.8) is 0 Å². The number of nitrogens with zero attached hydrogens (tertiary/aromatic N) is 1. The average molecular weight is 117 g/mol. The van der Waals surface area contributed by atoms with Crippen LogP contribution >= 0.6 is 12.6 Å². The highest BCUT2D eigenvalue weighted by atomic mass is 32.1. The molecule has 1 atom stereocenters. The molecule has 3 heteroatoms. The molecule has 7 heavy (non-hydrogen) atoms. The first kappa shape index (κ1) is 5.41. The minimum Gasteiger partial charge on any atom is -0.303 e. The van der Waals surface area contributed by atoms with Gasteiger partial charge >= 0.3 is 0 Å². The van der Waals surface area contributed by atoms with Crippen LogP contribution < -0.4 is 10.6 Å². The molecule has 1 aliphatic heterocycles. The lowest BCUT2D eigenvalue weighted by atomic mass is 10.4. The van der Waals surface area contributed by atoms with E-state index in [4.69, 9.17) is 0 Å². The number of hydrogen-bond donors (Lipinski definition) is 2. The Hall–Kier alpha value is 0.270. The second-order valence-electron chi connectivity index (χ2n) is 1.60. The van der Waals surface area contributed by atoms with Crippen molar-refractivity contribution in [2.45, 2.75) is 5.37 Å². The fraction of sp³-hybridized carbons (Fsp3) is 1.00. The van der Waals surface area contributed by atoms with Crippen LogP contribution in [0.15, 0.2) is 0 Å². The largest absolute Gasteiger partial charge is 0.303 e. The van der Waals surface area contributed by atoms with Crippen LogP contribution in [0.4, 0.5) is 0 Å². The predicted octanol–water partition coefficient (Wildman–Crippen LogP) is -0.550. The van der Waals surface area contributed by atoms with Gasteiger partial charge in [-0.3, -0.25) is 0 Å². The molecule has 1 saturated heterocycles. The van der Waals surface area contributed by atoms with E-state index < -0.39 is 0 Å². The molecular formula is C4H9N2S. The van der Waals surface area contributed by atoms with E-state index in [9.17, 15) is 0 Å². The number of piperazine rings is 1. The summed E-state index contributed by atoms with van der Waals surface area (Å²) in [5, 5.41) is 7.59. The second kappa shape index (κ2) is 2.55. The van der Waals surface area contributed by atoms with Crippen molar-refractivity contribution in [3.8, 4) is 0 Å². The summed E-state index contributed by atoms with van der Waals surface area (Å²) in [4.78, 5) is 0. The Morgan fingerprint density at radius 1 is 1.71 bits per heavy atom. The van der Waals surface area contributed by atoms with Gasteiger partial charge in [-0.05, 0) is 0 Å². The lowest BCUT2D eigenvalue weighted by Crippen LogP contribution is -2.41. The molecule has 41 valence electrons. The van der Waals surface area contributed by atoms with E-state index in [0.29, 0.717) is 5.37 Å². The van der Waals surface area contributed by atoms with Gasteiger partial charge in [-0.1, -0.05) is 0 Å². The van der Waals surface area contributed by atoms with Gasteiger partial charge in [0, 0.05) is 19.6 Å². The maximum atomic E-state index is 4.16. The predicted molar refractivity (Wildman–Crippen MR) is 32.6 cm³/mol. The molecule has 1 N–H and O–H groups in total. The van der Waals surface area contributed by atoms with Crippen LogP contribution in [-0.2, 0) is 0 Å². The minimum absolute atomic E-state index is 0.314. The number of thiol groups is 1. The molecule has 1 rings (SSSR count). The van der Waals surface area contributed by atoms with E-state index in [1.807, 2.05) is 0 Å². The Morgan fingerprint density at radius 2 is 2.57 bits per heavy atom. The van der Waals surface area contributed by atoms with E-state index in [1.54, 1.807) is 0 Å². The Kier molecular flexibility index (Phi) is 1.97. The number of nitrogens with one attached hydrogen (secondary N) is 1. The monoisotopic (exact) mass is 117 g/mol. The van der Waals surface area contributed by atoms with Crippen molar-refractivity contribution in [2.24, 2.45) is 0 Å².